The third-order valence-electron chi connectivity index (χ3n) is 2.61. The molecule has 2 aromatic carbocycles. The van der Waals surface area contributed by atoms with Crippen molar-refractivity contribution >= 4 is 45.8 Å². The fraction of sp³-hybridized carbons (Fsp3) is 0.0714. The first kappa shape index (κ1) is 14.3. The second-order valence-electron chi connectivity index (χ2n) is 4.04. The number of benzene rings is 2. The van der Waals surface area contributed by atoms with Gasteiger partial charge in [-0.25, -0.2) is 4.39 Å². The third-order valence-corrected chi connectivity index (χ3v) is 3.60. The molecule has 2 rings (SSSR count). The number of carbonyl (C=O) groups excluding carboxylic acids is 1. The average Bonchev–Trinajstić information content (AvgIpc) is 2.32. The number of halogens is 3. The van der Waals surface area contributed by atoms with Crippen LogP contribution in [-0.2, 0) is 0 Å². The largest absolute Gasteiger partial charge is 0.321 e. The molecule has 0 aromatic heterocycles. The van der Waals surface area contributed by atoms with E-state index in [9.17, 15) is 9.18 Å². The smallest absolute Gasteiger partial charge is 0.255 e. The van der Waals surface area contributed by atoms with Crippen LogP contribution in [0.3, 0.4) is 0 Å². The number of nitrogens with one attached hydrogen (secondary N) is 1. The van der Waals surface area contributed by atoms with E-state index in [0.29, 0.717) is 21.8 Å². The molecule has 0 bridgehead atoms. The zero-order valence-electron chi connectivity index (χ0n) is 10.0. The summed E-state index contributed by atoms with van der Waals surface area (Å²) in [5.41, 5.74) is 1.55. The van der Waals surface area contributed by atoms with E-state index in [4.69, 9.17) is 11.6 Å². The summed E-state index contributed by atoms with van der Waals surface area (Å²) < 4.78 is 14.0. The van der Waals surface area contributed by atoms with Crippen LogP contribution in [0.15, 0.2) is 36.4 Å². The fourth-order valence-corrected chi connectivity index (χ4v) is 2.57. The molecule has 0 aliphatic heterocycles. The van der Waals surface area contributed by atoms with E-state index in [-0.39, 0.29) is 11.7 Å². The van der Waals surface area contributed by atoms with Gasteiger partial charge >= 0.3 is 0 Å². The second-order valence-corrected chi connectivity index (χ2v) is 5.69. The molecule has 2 nitrogen and oxygen atoms in total. The number of amides is 1. The van der Waals surface area contributed by atoms with Gasteiger partial charge < -0.3 is 5.32 Å². The molecule has 0 unspecified atom stereocenters. The zero-order chi connectivity index (χ0) is 14.0. The van der Waals surface area contributed by atoms with Gasteiger partial charge in [0.05, 0.1) is 10.7 Å². The van der Waals surface area contributed by atoms with Gasteiger partial charge in [-0.1, -0.05) is 11.6 Å². The van der Waals surface area contributed by atoms with Gasteiger partial charge in [0.1, 0.15) is 5.82 Å². The maximum atomic E-state index is 13.0. The molecule has 98 valence electrons. The van der Waals surface area contributed by atoms with Crippen molar-refractivity contribution in [3.05, 3.63) is 61.9 Å². The Morgan fingerprint density at radius 3 is 2.63 bits per heavy atom. The Balaban J connectivity index is 2.25. The van der Waals surface area contributed by atoms with Crippen LogP contribution in [0.25, 0.3) is 0 Å². The van der Waals surface area contributed by atoms with Gasteiger partial charge in [0, 0.05) is 9.13 Å². The van der Waals surface area contributed by atoms with Crippen LogP contribution in [0.4, 0.5) is 10.1 Å². The van der Waals surface area contributed by atoms with Crippen LogP contribution in [0.2, 0.25) is 5.02 Å². The molecule has 0 saturated heterocycles. The van der Waals surface area contributed by atoms with Gasteiger partial charge in [-0.15, -0.1) is 0 Å². The molecular weight excluding hydrogens is 380 g/mol. The number of hydrogen-bond donors (Lipinski definition) is 1. The molecule has 0 aliphatic carbocycles. The van der Waals surface area contributed by atoms with Crippen molar-refractivity contribution in [3.63, 3.8) is 0 Å². The first-order valence-corrected chi connectivity index (χ1v) is 6.95. The first-order valence-electron chi connectivity index (χ1n) is 5.50. The van der Waals surface area contributed by atoms with Crippen LogP contribution in [0, 0.1) is 16.3 Å². The van der Waals surface area contributed by atoms with Gasteiger partial charge in [0.2, 0.25) is 0 Å². The summed E-state index contributed by atoms with van der Waals surface area (Å²) in [6.07, 6.45) is 0. The Morgan fingerprint density at radius 1 is 1.26 bits per heavy atom. The highest BCUT2D eigenvalue weighted by Crippen LogP contribution is 2.24. The normalized spacial score (nSPS) is 10.3. The molecule has 19 heavy (non-hydrogen) atoms. The highest BCUT2D eigenvalue weighted by atomic mass is 127. The lowest BCUT2D eigenvalue weighted by molar-refractivity contribution is 0.102. The maximum Gasteiger partial charge on any atom is 0.255 e. The van der Waals surface area contributed by atoms with E-state index in [1.165, 1.54) is 18.2 Å². The summed E-state index contributed by atoms with van der Waals surface area (Å²) in [6.45, 7) is 1.69. The minimum absolute atomic E-state index is 0.305. The Labute approximate surface area is 129 Å². The molecule has 0 aliphatic rings. The molecule has 0 radical (unpaired) electrons. The van der Waals surface area contributed by atoms with E-state index >= 15 is 0 Å². The van der Waals surface area contributed by atoms with Crippen LogP contribution in [-0.4, -0.2) is 5.91 Å². The summed E-state index contributed by atoms with van der Waals surface area (Å²) >= 11 is 8.18. The van der Waals surface area contributed by atoms with Crippen LogP contribution in [0.1, 0.15) is 15.9 Å². The Morgan fingerprint density at radius 2 is 2.00 bits per heavy atom. The van der Waals surface area contributed by atoms with Crippen LogP contribution >= 0.6 is 34.2 Å². The minimum Gasteiger partial charge on any atom is -0.321 e. The Kier molecular flexibility index (Phi) is 4.42. The van der Waals surface area contributed by atoms with Crippen molar-refractivity contribution < 1.29 is 9.18 Å². The van der Waals surface area contributed by atoms with Crippen molar-refractivity contribution in [3.8, 4) is 0 Å². The molecule has 5 heteroatoms. The van der Waals surface area contributed by atoms with Gasteiger partial charge in [0.25, 0.3) is 5.91 Å². The summed E-state index contributed by atoms with van der Waals surface area (Å²) in [6, 6.07) is 9.39. The molecular formula is C14H10ClFINO. The molecule has 0 heterocycles. The van der Waals surface area contributed by atoms with E-state index in [2.05, 4.69) is 27.9 Å². The monoisotopic (exact) mass is 389 g/mol. The lowest BCUT2D eigenvalue weighted by Gasteiger charge is -2.09. The summed E-state index contributed by atoms with van der Waals surface area (Å²) in [5, 5.41) is 3.19. The zero-order valence-corrected chi connectivity index (χ0v) is 12.9. The number of rotatable bonds is 2. The first-order chi connectivity index (χ1) is 8.97. The van der Waals surface area contributed by atoms with E-state index in [1.807, 2.05) is 6.07 Å². The predicted octanol–water partition coefficient (Wildman–Crippen LogP) is 4.64. The molecule has 0 saturated carbocycles. The van der Waals surface area contributed by atoms with Gasteiger partial charge in [0.15, 0.2) is 0 Å². The van der Waals surface area contributed by atoms with Gasteiger partial charge in [-0.2, -0.15) is 0 Å². The molecule has 1 amide bonds. The van der Waals surface area contributed by atoms with Crippen molar-refractivity contribution in [1.82, 2.24) is 0 Å². The minimum atomic E-state index is -0.360. The van der Waals surface area contributed by atoms with Crippen LogP contribution < -0.4 is 5.32 Å². The van der Waals surface area contributed by atoms with Gasteiger partial charge in [-0.3, -0.25) is 4.79 Å². The molecule has 0 atom stereocenters. The lowest BCUT2D eigenvalue weighted by Crippen LogP contribution is -2.13. The average molecular weight is 390 g/mol. The summed E-state index contributed by atoms with van der Waals surface area (Å²) in [7, 11) is 0. The fourth-order valence-electron chi connectivity index (χ4n) is 1.66. The predicted molar refractivity (Wildman–Crippen MR) is 83.3 cm³/mol. The number of aryl methyl sites for hydroxylation is 1. The van der Waals surface area contributed by atoms with Crippen molar-refractivity contribution in [2.45, 2.75) is 6.92 Å². The highest BCUT2D eigenvalue weighted by Gasteiger charge is 2.11. The van der Waals surface area contributed by atoms with E-state index in [0.717, 1.165) is 3.57 Å². The molecule has 0 spiro atoms. The van der Waals surface area contributed by atoms with Crippen molar-refractivity contribution in [1.29, 1.82) is 0 Å². The Bertz CT molecular complexity index is 645. The van der Waals surface area contributed by atoms with Gasteiger partial charge in [-0.05, 0) is 71.5 Å². The van der Waals surface area contributed by atoms with E-state index < -0.39 is 0 Å². The van der Waals surface area contributed by atoms with Crippen molar-refractivity contribution in [2.75, 3.05) is 5.32 Å². The quantitative estimate of drug-likeness (QED) is 0.745. The second kappa shape index (κ2) is 5.88. The Hall–Kier alpha value is -1.14. The number of carbonyl (C=O) groups is 1. The highest BCUT2D eigenvalue weighted by molar-refractivity contribution is 14.1. The number of hydrogen-bond acceptors (Lipinski definition) is 1. The van der Waals surface area contributed by atoms with Crippen molar-refractivity contribution in [2.24, 2.45) is 0 Å². The maximum absolute atomic E-state index is 13.0. The lowest BCUT2D eigenvalue weighted by atomic mass is 10.1. The molecule has 2 aromatic rings. The van der Waals surface area contributed by atoms with E-state index in [1.54, 1.807) is 19.1 Å². The topological polar surface area (TPSA) is 29.1 Å². The standard InChI is InChI=1S/C14H10ClFINO/c1-8-6-9(16)2-4-11(8)14(19)18-13-5-3-10(17)7-12(13)15/h2-7H,1H3,(H,18,19). The summed E-state index contributed by atoms with van der Waals surface area (Å²) in [5.74, 6) is -0.665. The summed E-state index contributed by atoms with van der Waals surface area (Å²) in [4.78, 5) is 12.1. The molecule has 1 N–H and O–H groups in total. The third kappa shape index (κ3) is 3.45. The molecule has 0 fully saturated rings. The van der Waals surface area contributed by atoms with Crippen LogP contribution in [0.5, 0.6) is 0 Å². The SMILES string of the molecule is Cc1cc(F)ccc1C(=O)Nc1ccc(I)cc1Cl. The number of anilines is 1.